The third kappa shape index (κ3) is 4.89. The van der Waals surface area contributed by atoms with E-state index in [1.54, 1.807) is 7.11 Å². The molecule has 2 atom stereocenters. The lowest BCUT2D eigenvalue weighted by Crippen LogP contribution is -2.31. The quantitative estimate of drug-likeness (QED) is 0.874. The van der Waals surface area contributed by atoms with Crippen molar-refractivity contribution in [1.82, 2.24) is 10.2 Å². The summed E-state index contributed by atoms with van der Waals surface area (Å²) >= 11 is 0. The van der Waals surface area contributed by atoms with E-state index in [0.717, 1.165) is 31.8 Å². The van der Waals surface area contributed by atoms with E-state index in [9.17, 15) is 4.79 Å². The normalized spacial score (nSPS) is 18.7. The number of methoxy groups -OCH3 is 1. The van der Waals surface area contributed by atoms with E-state index in [4.69, 9.17) is 4.74 Å². The van der Waals surface area contributed by atoms with Crippen molar-refractivity contribution in [2.45, 2.75) is 25.7 Å². The number of carbonyl (C=O) groups excluding carboxylic acids is 1. The van der Waals surface area contributed by atoms with Gasteiger partial charge in [-0.25, -0.2) is 0 Å². The van der Waals surface area contributed by atoms with Crippen molar-refractivity contribution in [3.63, 3.8) is 0 Å². The van der Waals surface area contributed by atoms with Crippen LogP contribution in [-0.4, -0.2) is 44.6 Å². The standard InChI is InChI=1S/C17H26N2O2.ClH/c1-13(15-4-6-16(21-3)7-5-15)10-17(20)19-9-8-14(12-19)11-18-2;/h4-7,13-14,18H,8-12H2,1-3H3;1H. The van der Waals surface area contributed by atoms with Crippen LogP contribution >= 0.6 is 12.4 Å². The molecule has 0 bridgehead atoms. The van der Waals surface area contributed by atoms with E-state index in [1.807, 2.05) is 36.2 Å². The Hall–Kier alpha value is -1.26. The van der Waals surface area contributed by atoms with E-state index in [0.29, 0.717) is 12.3 Å². The number of nitrogens with one attached hydrogen (secondary N) is 1. The minimum atomic E-state index is 0. The first-order valence-corrected chi connectivity index (χ1v) is 7.70. The van der Waals surface area contributed by atoms with Crippen LogP contribution in [0.25, 0.3) is 0 Å². The molecule has 0 spiro atoms. The largest absolute Gasteiger partial charge is 0.497 e. The van der Waals surface area contributed by atoms with Crippen LogP contribution in [-0.2, 0) is 4.79 Å². The van der Waals surface area contributed by atoms with Crippen molar-refractivity contribution in [3.8, 4) is 5.75 Å². The maximum absolute atomic E-state index is 12.4. The van der Waals surface area contributed by atoms with Gasteiger partial charge >= 0.3 is 0 Å². The topological polar surface area (TPSA) is 41.6 Å². The molecule has 1 aliphatic heterocycles. The summed E-state index contributed by atoms with van der Waals surface area (Å²) in [5.41, 5.74) is 1.19. The van der Waals surface area contributed by atoms with Crippen LogP contribution in [0.2, 0.25) is 0 Å². The smallest absolute Gasteiger partial charge is 0.223 e. The van der Waals surface area contributed by atoms with E-state index >= 15 is 0 Å². The van der Waals surface area contributed by atoms with Gasteiger partial charge in [0.2, 0.25) is 5.91 Å². The Bertz CT molecular complexity index is 464. The summed E-state index contributed by atoms with van der Waals surface area (Å²) in [6.45, 7) is 4.91. The van der Waals surface area contributed by atoms with Crippen LogP contribution in [0, 0.1) is 5.92 Å². The number of benzene rings is 1. The molecule has 2 rings (SSSR count). The predicted molar refractivity (Wildman–Crippen MR) is 91.9 cm³/mol. The van der Waals surface area contributed by atoms with Gasteiger partial charge in [0.25, 0.3) is 0 Å². The third-order valence-electron chi connectivity index (χ3n) is 4.30. The number of hydrogen-bond acceptors (Lipinski definition) is 3. The van der Waals surface area contributed by atoms with Crippen LogP contribution in [0.1, 0.15) is 31.2 Å². The van der Waals surface area contributed by atoms with Crippen LogP contribution in [0.4, 0.5) is 0 Å². The SMILES string of the molecule is CNCC1CCN(C(=O)CC(C)c2ccc(OC)cc2)C1.Cl. The molecule has 0 aromatic heterocycles. The molecule has 22 heavy (non-hydrogen) atoms. The van der Waals surface area contributed by atoms with E-state index in [1.165, 1.54) is 5.56 Å². The van der Waals surface area contributed by atoms with Gasteiger partial charge in [-0.15, -0.1) is 12.4 Å². The van der Waals surface area contributed by atoms with Gasteiger partial charge in [0.15, 0.2) is 0 Å². The summed E-state index contributed by atoms with van der Waals surface area (Å²) in [4.78, 5) is 14.4. The summed E-state index contributed by atoms with van der Waals surface area (Å²) in [7, 11) is 3.63. The van der Waals surface area contributed by atoms with Gasteiger partial charge in [-0.2, -0.15) is 0 Å². The second-order valence-corrected chi connectivity index (χ2v) is 5.93. The van der Waals surface area contributed by atoms with E-state index in [-0.39, 0.29) is 24.2 Å². The number of likely N-dealkylation sites (tertiary alicyclic amines) is 1. The Balaban J connectivity index is 0.00000242. The Morgan fingerprint density at radius 1 is 1.41 bits per heavy atom. The number of hydrogen-bond donors (Lipinski definition) is 1. The van der Waals surface area contributed by atoms with Crippen LogP contribution in [0.15, 0.2) is 24.3 Å². The number of ether oxygens (including phenoxy) is 1. The first kappa shape index (κ1) is 18.8. The number of amides is 1. The van der Waals surface area contributed by atoms with Crippen molar-refractivity contribution in [1.29, 1.82) is 0 Å². The number of nitrogens with zero attached hydrogens (tertiary/aromatic N) is 1. The Morgan fingerprint density at radius 3 is 2.68 bits per heavy atom. The molecule has 0 aliphatic carbocycles. The number of halogens is 1. The average molecular weight is 327 g/mol. The number of rotatable bonds is 6. The number of carbonyl (C=O) groups is 1. The fourth-order valence-corrected chi connectivity index (χ4v) is 2.96. The highest BCUT2D eigenvalue weighted by molar-refractivity contribution is 5.85. The van der Waals surface area contributed by atoms with Crippen molar-refractivity contribution in [2.75, 3.05) is 33.8 Å². The predicted octanol–water partition coefficient (Wildman–Crippen LogP) is 2.68. The maximum Gasteiger partial charge on any atom is 0.223 e. The van der Waals surface area contributed by atoms with Gasteiger partial charge in [-0.05, 0) is 49.5 Å². The lowest BCUT2D eigenvalue weighted by Gasteiger charge is -2.19. The minimum Gasteiger partial charge on any atom is -0.497 e. The molecule has 4 nitrogen and oxygen atoms in total. The molecule has 1 aromatic rings. The van der Waals surface area contributed by atoms with Crippen LogP contribution < -0.4 is 10.1 Å². The fourth-order valence-electron chi connectivity index (χ4n) is 2.96. The Morgan fingerprint density at radius 2 is 2.09 bits per heavy atom. The zero-order valence-electron chi connectivity index (χ0n) is 13.7. The second-order valence-electron chi connectivity index (χ2n) is 5.93. The molecule has 1 heterocycles. The van der Waals surface area contributed by atoms with Crippen molar-refractivity contribution in [3.05, 3.63) is 29.8 Å². The van der Waals surface area contributed by atoms with Crippen molar-refractivity contribution in [2.24, 2.45) is 5.92 Å². The van der Waals surface area contributed by atoms with Crippen LogP contribution in [0.3, 0.4) is 0 Å². The van der Waals surface area contributed by atoms with Crippen molar-refractivity contribution >= 4 is 18.3 Å². The summed E-state index contributed by atoms with van der Waals surface area (Å²) in [5.74, 6) is 1.98. The zero-order chi connectivity index (χ0) is 15.2. The molecule has 5 heteroatoms. The highest BCUT2D eigenvalue weighted by Crippen LogP contribution is 2.24. The van der Waals surface area contributed by atoms with Gasteiger partial charge in [-0.3, -0.25) is 4.79 Å². The lowest BCUT2D eigenvalue weighted by atomic mass is 9.97. The third-order valence-corrected chi connectivity index (χ3v) is 4.30. The summed E-state index contributed by atoms with van der Waals surface area (Å²) < 4.78 is 5.16. The fraction of sp³-hybridized carbons (Fsp3) is 0.588. The molecule has 1 N–H and O–H groups in total. The highest BCUT2D eigenvalue weighted by Gasteiger charge is 2.26. The second kappa shape index (κ2) is 9.01. The van der Waals surface area contributed by atoms with Crippen molar-refractivity contribution < 1.29 is 9.53 Å². The minimum absolute atomic E-state index is 0. The molecule has 124 valence electrons. The molecule has 0 radical (unpaired) electrons. The average Bonchev–Trinajstić information content (AvgIpc) is 2.96. The molecular formula is C17H27ClN2O2. The van der Waals surface area contributed by atoms with Gasteiger partial charge in [0.1, 0.15) is 5.75 Å². The first-order valence-electron chi connectivity index (χ1n) is 7.70. The monoisotopic (exact) mass is 326 g/mol. The van der Waals surface area contributed by atoms with E-state index in [2.05, 4.69) is 12.2 Å². The lowest BCUT2D eigenvalue weighted by molar-refractivity contribution is -0.130. The van der Waals surface area contributed by atoms with E-state index < -0.39 is 0 Å². The van der Waals surface area contributed by atoms with Gasteiger partial charge in [-0.1, -0.05) is 19.1 Å². The summed E-state index contributed by atoms with van der Waals surface area (Å²) in [5, 5.41) is 3.20. The molecular weight excluding hydrogens is 300 g/mol. The first-order chi connectivity index (χ1) is 10.1. The molecule has 1 fully saturated rings. The molecule has 1 aromatic carbocycles. The molecule has 2 unspecified atom stereocenters. The summed E-state index contributed by atoms with van der Waals surface area (Å²) in [6.07, 6.45) is 1.70. The summed E-state index contributed by atoms with van der Waals surface area (Å²) in [6, 6.07) is 8.00. The molecule has 0 saturated carbocycles. The van der Waals surface area contributed by atoms with Gasteiger partial charge < -0.3 is 15.0 Å². The molecule has 1 amide bonds. The maximum atomic E-state index is 12.4. The molecule has 1 saturated heterocycles. The van der Waals surface area contributed by atoms with Gasteiger partial charge in [0, 0.05) is 19.5 Å². The highest BCUT2D eigenvalue weighted by atomic mass is 35.5. The Labute approximate surface area is 139 Å². The van der Waals surface area contributed by atoms with Crippen LogP contribution in [0.5, 0.6) is 5.75 Å². The van der Waals surface area contributed by atoms with Gasteiger partial charge in [0.05, 0.1) is 7.11 Å². The Kier molecular flexibility index (Phi) is 7.69. The molecule has 1 aliphatic rings. The zero-order valence-corrected chi connectivity index (χ0v) is 14.5.